The Bertz CT molecular complexity index is 774. The van der Waals surface area contributed by atoms with E-state index < -0.39 is 17.9 Å². The first-order chi connectivity index (χ1) is 12.4. The molecule has 0 heterocycles. The molecule has 2 amide bonds. The van der Waals surface area contributed by atoms with Crippen molar-refractivity contribution in [1.82, 2.24) is 5.32 Å². The molecule has 138 valence electrons. The van der Waals surface area contributed by atoms with Crippen molar-refractivity contribution in [1.29, 1.82) is 0 Å². The highest BCUT2D eigenvalue weighted by atomic mass is 16.5. The maximum Gasteiger partial charge on any atom is 0.313 e. The van der Waals surface area contributed by atoms with Crippen LogP contribution in [0.4, 0.5) is 5.69 Å². The van der Waals surface area contributed by atoms with Gasteiger partial charge in [0.25, 0.3) is 0 Å². The van der Waals surface area contributed by atoms with Crippen LogP contribution in [0.1, 0.15) is 17.2 Å². The molecule has 0 aliphatic heterocycles. The van der Waals surface area contributed by atoms with E-state index in [2.05, 4.69) is 10.6 Å². The van der Waals surface area contributed by atoms with Gasteiger partial charge >= 0.3 is 11.8 Å². The van der Waals surface area contributed by atoms with E-state index in [-0.39, 0.29) is 6.54 Å². The number of aliphatic hydroxyl groups is 1. The Hall–Kier alpha value is -3.06. The van der Waals surface area contributed by atoms with Crippen molar-refractivity contribution in [3.63, 3.8) is 0 Å². The first-order valence-electron chi connectivity index (χ1n) is 8.00. The average Bonchev–Trinajstić information content (AvgIpc) is 2.66. The number of anilines is 1. The van der Waals surface area contributed by atoms with E-state index >= 15 is 0 Å². The lowest BCUT2D eigenvalue weighted by Crippen LogP contribution is -2.37. The zero-order valence-corrected chi connectivity index (χ0v) is 14.9. The van der Waals surface area contributed by atoms with Gasteiger partial charge in [-0.05, 0) is 36.8 Å². The number of hydrogen-bond donors (Lipinski definition) is 3. The molecule has 0 aliphatic carbocycles. The van der Waals surface area contributed by atoms with Crippen LogP contribution in [0.15, 0.2) is 42.5 Å². The number of carbonyl (C=O) groups excluding carboxylic acids is 2. The number of carbonyl (C=O) groups is 2. The summed E-state index contributed by atoms with van der Waals surface area (Å²) in [6.45, 7) is 1.81. The Kier molecular flexibility index (Phi) is 6.57. The third kappa shape index (κ3) is 4.97. The second-order valence-electron chi connectivity index (χ2n) is 5.66. The minimum Gasteiger partial charge on any atom is -0.493 e. The molecule has 1 unspecified atom stereocenters. The van der Waals surface area contributed by atoms with Crippen molar-refractivity contribution in [3.8, 4) is 11.5 Å². The molecular weight excluding hydrogens is 336 g/mol. The topological polar surface area (TPSA) is 96.9 Å². The molecule has 0 radical (unpaired) electrons. The monoisotopic (exact) mass is 358 g/mol. The quantitative estimate of drug-likeness (QED) is 0.684. The molecule has 0 aromatic heterocycles. The summed E-state index contributed by atoms with van der Waals surface area (Å²) in [5.74, 6) is -0.629. The first-order valence-corrected chi connectivity index (χ1v) is 8.00. The Labute approximate surface area is 151 Å². The summed E-state index contributed by atoms with van der Waals surface area (Å²) >= 11 is 0. The molecule has 0 spiro atoms. The van der Waals surface area contributed by atoms with Gasteiger partial charge in [-0.2, -0.15) is 0 Å². The highest BCUT2D eigenvalue weighted by Gasteiger charge is 2.17. The van der Waals surface area contributed by atoms with Gasteiger partial charge in [-0.25, -0.2) is 0 Å². The molecule has 0 saturated carbocycles. The number of rotatable bonds is 6. The van der Waals surface area contributed by atoms with Crippen molar-refractivity contribution < 1.29 is 24.2 Å². The van der Waals surface area contributed by atoms with Gasteiger partial charge in [0, 0.05) is 12.2 Å². The maximum atomic E-state index is 11.9. The molecule has 2 aromatic carbocycles. The number of ether oxygens (including phenoxy) is 2. The molecule has 0 fully saturated rings. The van der Waals surface area contributed by atoms with Crippen LogP contribution in [0.3, 0.4) is 0 Å². The fourth-order valence-electron chi connectivity index (χ4n) is 2.27. The van der Waals surface area contributed by atoms with E-state index in [0.717, 1.165) is 5.56 Å². The van der Waals surface area contributed by atoms with Crippen molar-refractivity contribution in [2.45, 2.75) is 13.0 Å². The Morgan fingerprint density at radius 1 is 1.00 bits per heavy atom. The minimum absolute atomic E-state index is 0.115. The van der Waals surface area contributed by atoms with Crippen LogP contribution in [0, 0.1) is 6.92 Å². The van der Waals surface area contributed by atoms with E-state index in [1.165, 1.54) is 14.2 Å². The van der Waals surface area contributed by atoms with Crippen molar-refractivity contribution in [2.24, 2.45) is 0 Å². The summed E-state index contributed by atoms with van der Waals surface area (Å²) in [5, 5.41) is 15.1. The number of amides is 2. The number of benzene rings is 2. The predicted molar refractivity (Wildman–Crippen MR) is 97.3 cm³/mol. The fraction of sp³-hybridized carbons (Fsp3) is 0.263. The van der Waals surface area contributed by atoms with Crippen molar-refractivity contribution in [3.05, 3.63) is 53.6 Å². The van der Waals surface area contributed by atoms with Gasteiger partial charge in [-0.3, -0.25) is 9.59 Å². The fourth-order valence-corrected chi connectivity index (χ4v) is 2.27. The molecular formula is C19H22N2O5. The zero-order chi connectivity index (χ0) is 19.1. The summed E-state index contributed by atoms with van der Waals surface area (Å²) < 4.78 is 10.3. The highest BCUT2D eigenvalue weighted by molar-refractivity contribution is 6.39. The Morgan fingerprint density at radius 2 is 1.65 bits per heavy atom. The standard InChI is InChI=1S/C19H22N2O5/c1-12-4-7-14(8-5-12)21-19(24)18(23)20-11-15(22)13-6-9-16(25-2)17(10-13)26-3/h4-10,15,22H,11H2,1-3H3,(H,20,23)(H,21,24). The zero-order valence-electron chi connectivity index (χ0n) is 14.9. The highest BCUT2D eigenvalue weighted by Crippen LogP contribution is 2.29. The van der Waals surface area contributed by atoms with Crippen LogP contribution in [0.2, 0.25) is 0 Å². The number of aliphatic hydroxyl groups excluding tert-OH is 1. The lowest BCUT2D eigenvalue weighted by Gasteiger charge is -2.15. The molecule has 26 heavy (non-hydrogen) atoms. The van der Waals surface area contributed by atoms with Gasteiger partial charge in [0.05, 0.1) is 20.3 Å². The molecule has 3 N–H and O–H groups in total. The number of nitrogens with one attached hydrogen (secondary N) is 2. The Balaban J connectivity index is 1.91. The molecule has 1 atom stereocenters. The molecule has 2 rings (SSSR count). The van der Waals surface area contributed by atoms with Crippen LogP contribution in [0.25, 0.3) is 0 Å². The molecule has 0 saturated heterocycles. The average molecular weight is 358 g/mol. The predicted octanol–water partition coefficient (Wildman–Crippen LogP) is 1.80. The van der Waals surface area contributed by atoms with Gasteiger partial charge in [-0.1, -0.05) is 23.8 Å². The van der Waals surface area contributed by atoms with Gasteiger partial charge in [-0.15, -0.1) is 0 Å². The second-order valence-corrected chi connectivity index (χ2v) is 5.66. The lowest BCUT2D eigenvalue weighted by atomic mass is 10.1. The van der Waals surface area contributed by atoms with Gasteiger partial charge < -0.3 is 25.2 Å². The largest absolute Gasteiger partial charge is 0.493 e. The van der Waals surface area contributed by atoms with Crippen LogP contribution in [0.5, 0.6) is 11.5 Å². The molecule has 2 aromatic rings. The van der Waals surface area contributed by atoms with Gasteiger partial charge in [0.15, 0.2) is 11.5 Å². The summed E-state index contributed by atoms with van der Waals surface area (Å²) in [6, 6.07) is 12.0. The normalized spacial score (nSPS) is 11.4. The number of hydrogen-bond acceptors (Lipinski definition) is 5. The van der Waals surface area contributed by atoms with Crippen LogP contribution in [-0.2, 0) is 9.59 Å². The third-order valence-corrected chi connectivity index (χ3v) is 3.76. The summed E-state index contributed by atoms with van der Waals surface area (Å²) in [5.41, 5.74) is 2.10. The number of aryl methyl sites for hydroxylation is 1. The smallest absolute Gasteiger partial charge is 0.313 e. The van der Waals surface area contributed by atoms with Crippen LogP contribution >= 0.6 is 0 Å². The summed E-state index contributed by atoms with van der Waals surface area (Å²) in [4.78, 5) is 23.8. The Morgan fingerprint density at radius 3 is 2.27 bits per heavy atom. The minimum atomic E-state index is -0.995. The second kappa shape index (κ2) is 8.87. The summed E-state index contributed by atoms with van der Waals surface area (Å²) in [7, 11) is 3.01. The number of methoxy groups -OCH3 is 2. The SMILES string of the molecule is COc1ccc(C(O)CNC(=O)C(=O)Nc2ccc(C)cc2)cc1OC. The third-order valence-electron chi connectivity index (χ3n) is 3.76. The molecule has 0 bridgehead atoms. The molecule has 0 aliphatic rings. The van der Waals surface area contributed by atoms with Crippen molar-refractivity contribution >= 4 is 17.5 Å². The lowest BCUT2D eigenvalue weighted by molar-refractivity contribution is -0.136. The van der Waals surface area contributed by atoms with Crippen molar-refractivity contribution in [2.75, 3.05) is 26.1 Å². The van der Waals surface area contributed by atoms with E-state index in [9.17, 15) is 14.7 Å². The molecule has 7 nitrogen and oxygen atoms in total. The van der Waals surface area contributed by atoms with E-state index in [1.54, 1.807) is 30.3 Å². The van der Waals surface area contributed by atoms with Gasteiger partial charge in [0.2, 0.25) is 0 Å². The first kappa shape index (κ1) is 19.3. The van der Waals surface area contributed by atoms with E-state index in [4.69, 9.17) is 9.47 Å². The van der Waals surface area contributed by atoms with E-state index in [0.29, 0.717) is 22.7 Å². The van der Waals surface area contributed by atoms with E-state index in [1.807, 2.05) is 19.1 Å². The molecule has 7 heteroatoms. The van der Waals surface area contributed by atoms with Crippen LogP contribution in [-0.4, -0.2) is 37.7 Å². The maximum absolute atomic E-state index is 11.9. The summed E-state index contributed by atoms with van der Waals surface area (Å²) in [6.07, 6.45) is -0.995. The van der Waals surface area contributed by atoms with Crippen LogP contribution < -0.4 is 20.1 Å². The van der Waals surface area contributed by atoms with Gasteiger partial charge in [0.1, 0.15) is 0 Å².